The molecule has 162 valence electrons. The van der Waals surface area contributed by atoms with Crippen LogP contribution in [0.2, 0.25) is 0 Å². The zero-order chi connectivity index (χ0) is 21.5. The number of rotatable bonds is 7. The molecule has 1 aliphatic heterocycles. The lowest BCUT2D eigenvalue weighted by Crippen LogP contribution is -2.50. The van der Waals surface area contributed by atoms with Gasteiger partial charge in [-0.1, -0.05) is 43.7 Å². The zero-order valence-electron chi connectivity index (χ0n) is 18.3. The van der Waals surface area contributed by atoms with Crippen LogP contribution in [0.1, 0.15) is 50.8 Å². The van der Waals surface area contributed by atoms with Crippen LogP contribution in [-0.2, 0) is 6.54 Å². The van der Waals surface area contributed by atoms with Crippen molar-refractivity contribution in [2.45, 2.75) is 65.1 Å². The lowest BCUT2D eigenvalue weighted by molar-refractivity contribution is 0.0989. The van der Waals surface area contributed by atoms with E-state index in [1.807, 2.05) is 42.2 Å². The number of hydrogen-bond donors (Lipinski definition) is 1. The second-order valence-electron chi connectivity index (χ2n) is 8.24. The van der Waals surface area contributed by atoms with Crippen LogP contribution in [0.3, 0.4) is 0 Å². The number of likely N-dealkylation sites (tertiary alicyclic amines) is 1. The third kappa shape index (κ3) is 6.05. The number of nitrogens with zero attached hydrogens (tertiary/aromatic N) is 3. The molecule has 1 N–H and O–H groups in total. The van der Waals surface area contributed by atoms with E-state index in [1.165, 1.54) is 12.8 Å². The van der Waals surface area contributed by atoms with Crippen molar-refractivity contribution in [1.82, 2.24) is 14.8 Å². The van der Waals surface area contributed by atoms with Crippen LogP contribution in [0.5, 0.6) is 0 Å². The Labute approximate surface area is 189 Å². The van der Waals surface area contributed by atoms with Gasteiger partial charge in [0.1, 0.15) is 4.60 Å². The van der Waals surface area contributed by atoms with Crippen LogP contribution in [0, 0.1) is 6.92 Å². The Morgan fingerprint density at radius 1 is 1.23 bits per heavy atom. The number of carbonyl (C=O) groups excluding carboxylic acids is 1. The van der Waals surface area contributed by atoms with E-state index >= 15 is 0 Å². The molecule has 1 aromatic carbocycles. The number of carbonyl (C=O) groups is 1. The monoisotopic (exact) mass is 472 g/mol. The highest BCUT2D eigenvalue weighted by Crippen LogP contribution is 2.25. The van der Waals surface area contributed by atoms with Gasteiger partial charge in [0.2, 0.25) is 0 Å². The number of benzene rings is 1. The molecule has 5 nitrogen and oxygen atoms in total. The van der Waals surface area contributed by atoms with E-state index < -0.39 is 0 Å². The Bertz CT molecular complexity index is 821. The maximum atomic E-state index is 13.3. The van der Waals surface area contributed by atoms with Crippen molar-refractivity contribution in [1.29, 1.82) is 0 Å². The second-order valence-corrected chi connectivity index (χ2v) is 8.99. The number of nitrogens with one attached hydrogen (secondary N) is 1. The summed E-state index contributed by atoms with van der Waals surface area (Å²) in [7, 11) is 0. The molecule has 0 spiro atoms. The number of anilines is 1. The molecule has 0 bridgehead atoms. The van der Waals surface area contributed by atoms with Gasteiger partial charge in [0, 0.05) is 37.4 Å². The van der Waals surface area contributed by atoms with Gasteiger partial charge in [-0.2, -0.15) is 0 Å². The molecule has 2 amide bonds. The zero-order valence-corrected chi connectivity index (χ0v) is 19.9. The Morgan fingerprint density at radius 2 is 1.93 bits per heavy atom. The number of amides is 2. The van der Waals surface area contributed by atoms with Gasteiger partial charge in [-0.05, 0) is 66.7 Å². The molecule has 1 unspecified atom stereocenters. The fourth-order valence-corrected chi connectivity index (χ4v) is 4.70. The fourth-order valence-electron chi connectivity index (χ4n) is 4.19. The predicted octanol–water partition coefficient (Wildman–Crippen LogP) is 5.84. The molecule has 1 fully saturated rings. The van der Waals surface area contributed by atoms with E-state index in [2.05, 4.69) is 57.1 Å². The number of hydrogen-bond acceptors (Lipinski definition) is 3. The summed E-state index contributed by atoms with van der Waals surface area (Å²) < 4.78 is 0.665. The molecule has 1 aliphatic rings. The SMILES string of the molecule is CCCC(C)N1CCC(N(Cc2ccccc2)C(=O)Nc2ccc(C)nc2Br)CC1. The Morgan fingerprint density at radius 3 is 2.57 bits per heavy atom. The Balaban J connectivity index is 1.73. The standard InChI is InChI=1S/C24H33BrN4O/c1-4-8-19(3)28-15-13-21(14-16-28)29(17-20-9-6-5-7-10-20)24(30)27-22-12-11-18(2)26-23(22)25/h5-7,9-12,19,21H,4,8,13-17H2,1-3H3,(H,27,30). The van der Waals surface area contributed by atoms with Crippen LogP contribution >= 0.6 is 15.9 Å². The molecule has 30 heavy (non-hydrogen) atoms. The average molecular weight is 473 g/mol. The van der Waals surface area contributed by atoms with Gasteiger partial charge in [-0.25, -0.2) is 9.78 Å². The molecule has 0 radical (unpaired) electrons. The molecule has 3 rings (SSSR count). The first-order chi connectivity index (χ1) is 14.5. The quantitative estimate of drug-likeness (QED) is 0.514. The van der Waals surface area contributed by atoms with Gasteiger partial charge in [0.25, 0.3) is 0 Å². The van der Waals surface area contributed by atoms with E-state index in [1.54, 1.807) is 0 Å². The molecular formula is C24H33BrN4O. The van der Waals surface area contributed by atoms with Crippen molar-refractivity contribution in [2.24, 2.45) is 0 Å². The summed E-state index contributed by atoms with van der Waals surface area (Å²) in [6.45, 7) is 9.19. The van der Waals surface area contributed by atoms with Crippen LogP contribution in [0.15, 0.2) is 47.1 Å². The minimum atomic E-state index is -0.0646. The van der Waals surface area contributed by atoms with Crippen molar-refractivity contribution in [3.8, 4) is 0 Å². The summed E-state index contributed by atoms with van der Waals surface area (Å²) in [5, 5.41) is 3.07. The number of piperidine rings is 1. The van der Waals surface area contributed by atoms with Crippen molar-refractivity contribution in [3.63, 3.8) is 0 Å². The van der Waals surface area contributed by atoms with E-state index in [4.69, 9.17) is 0 Å². The molecule has 0 saturated carbocycles. The third-order valence-corrected chi connectivity index (χ3v) is 6.56. The summed E-state index contributed by atoms with van der Waals surface area (Å²) in [5.74, 6) is 0. The van der Waals surface area contributed by atoms with Gasteiger partial charge in [0.05, 0.1) is 5.69 Å². The van der Waals surface area contributed by atoms with Crippen LogP contribution in [0.25, 0.3) is 0 Å². The predicted molar refractivity (Wildman–Crippen MR) is 127 cm³/mol. The van der Waals surface area contributed by atoms with Crippen molar-refractivity contribution >= 4 is 27.6 Å². The lowest BCUT2D eigenvalue weighted by atomic mass is 10.00. The Kier molecular flexibility index (Phi) is 8.28. The van der Waals surface area contributed by atoms with Crippen LogP contribution in [0.4, 0.5) is 10.5 Å². The van der Waals surface area contributed by atoms with E-state index in [0.29, 0.717) is 22.9 Å². The first-order valence-electron chi connectivity index (χ1n) is 11.0. The molecule has 1 atom stereocenters. The van der Waals surface area contributed by atoms with Gasteiger partial charge in [0.15, 0.2) is 0 Å². The minimum absolute atomic E-state index is 0.0646. The summed E-state index contributed by atoms with van der Waals surface area (Å²) >= 11 is 3.48. The highest BCUT2D eigenvalue weighted by Gasteiger charge is 2.29. The van der Waals surface area contributed by atoms with Gasteiger partial charge < -0.3 is 15.1 Å². The summed E-state index contributed by atoms with van der Waals surface area (Å²) in [6.07, 6.45) is 4.44. The lowest BCUT2D eigenvalue weighted by Gasteiger charge is -2.40. The molecule has 2 heterocycles. The summed E-state index contributed by atoms with van der Waals surface area (Å²) in [6, 6.07) is 14.8. The van der Waals surface area contributed by atoms with Crippen molar-refractivity contribution in [3.05, 3.63) is 58.3 Å². The molecule has 6 heteroatoms. The second kappa shape index (κ2) is 10.9. The first-order valence-corrected chi connectivity index (χ1v) is 11.8. The fraction of sp³-hybridized carbons (Fsp3) is 0.500. The first kappa shape index (κ1) is 22.8. The van der Waals surface area contributed by atoms with Gasteiger partial charge in [-0.15, -0.1) is 0 Å². The van der Waals surface area contributed by atoms with E-state index in [-0.39, 0.29) is 12.1 Å². The maximum Gasteiger partial charge on any atom is 0.322 e. The number of aromatic nitrogens is 1. The maximum absolute atomic E-state index is 13.3. The molecule has 1 saturated heterocycles. The molecule has 0 aliphatic carbocycles. The summed E-state index contributed by atoms with van der Waals surface area (Å²) in [5.41, 5.74) is 2.77. The van der Waals surface area contributed by atoms with Crippen LogP contribution in [-0.4, -0.2) is 46.0 Å². The Hall–Kier alpha value is -1.92. The van der Waals surface area contributed by atoms with Crippen LogP contribution < -0.4 is 5.32 Å². The van der Waals surface area contributed by atoms with E-state index in [0.717, 1.165) is 37.2 Å². The highest BCUT2D eigenvalue weighted by atomic mass is 79.9. The number of urea groups is 1. The van der Waals surface area contributed by atoms with Gasteiger partial charge in [-0.3, -0.25) is 0 Å². The topological polar surface area (TPSA) is 48.5 Å². The average Bonchev–Trinajstić information content (AvgIpc) is 2.75. The number of halogens is 1. The normalized spacial score (nSPS) is 16.3. The minimum Gasteiger partial charge on any atom is -0.317 e. The smallest absolute Gasteiger partial charge is 0.317 e. The third-order valence-electron chi connectivity index (χ3n) is 5.96. The largest absolute Gasteiger partial charge is 0.322 e. The molecular weight excluding hydrogens is 440 g/mol. The highest BCUT2D eigenvalue weighted by molar-refractivity contribution is 9.10. The van der Waals surface area contributed by atoms with Crippen molar-refractivity contribution in [2.75, 3.05) is 18.4 Å². The summed E-state index contributed by atoms with van der Waals surface area (Å²) in [4.78, 5) is 22.3. The molecule has 2 aromatic rings. The molecule has 1 aromatic heterocycles. The van der Waals surface area contributed by atoms with Crippen molar-refractivity contribution < 1.29 is 4.79 Å². The van der Waals surface area contributed by atoms with Gasteiger partial charge >= 0.3 is 6.03 Å². The van der Waals surface area contributed by atoms with E-state index in [9.17, 15) is 4.79 Å². The number of pyridine rings is 1. The number of aryl methyl sites for hydroxylation is 1.